The van der Waals surface area contributed by atoms with E-state index in [0.29, 0.717) is 12.0 Å². The van der Waals surface area contributed by atoms with Crippen molar-refractivity contribution in [2.75, 3.05) is 13.6 Å². The Morgan fingerprint density at radius 2 is 1.83 bits per heavy atom. The van der Waals surface area contributed by atoms with Gasteiger partial charge in [-0.15, -0.1) is 0 Å². The Hall–Kier alpha value is -0.0800. The van der Waals surface area contributed by atoms with Gasteiger partial charge in [0.15, 0.2) is 0 Å². The molecule has 0 radical (unpaired) electrons. The van der Waals surface area contributed by atoms with Gasteiger partial charge in [0.05, 0.1) is 0 Å². The summed E-state index contributed by atoms with van der Waals surface area (Å²) in [6, 6.07) is 1.16. The predicted octanol–water partition coefficient (Wildman–Crippen LogP) is 3.51. The van der Waals surface area contributed by atoms with Crippen molar-refractivity contribution in [3.05, 3.63) is 0 Å². The molecule has 0 aromatic heterocycles. The minimum atomic E-state index is 0.358. The van der Waals surface area contributed by atoms with Crippen LogP contribution >= 0.6 is 0 Å². The summed E-state index contributed by atoms with van der Waals surface area (Å²) < 4.78 is 0. The third-order valence-electron chi connectivity index (χ3n) is 4.92. The number of hydrogen-bond acceptors (Lipinski definition) is 2. The summed E-state index contributed by atoms with van der Waals surface area (Å²) in [5.41, 5.74) is 6.14. The average Bonchev–Trinajstić information content (AvgIpc) is 2.35. The summed E-state index contributed by atoms with van der Waals surface area (Å²) in [5.74, 6) is 2.39. The maximum absolute atomic E-state index is 6.14. The number of nitrogens with two attached hydrogens (primary N) is 1. The van der Waals surface area contributed by atoms with Gasteiger partial charge in [-0.1, -0.05) is 40.5 Å². The molecule has 0 heterocycles. The standard InChI is InChI=1S/C16H34N2/c1-12(2)14-7-6-8-15(11-14)18(5)10-9-16(17)13(3)4/h12-16H,6-11,17H2,1-5H3. The minimum absolute atomic E-state index is 0.358. The van der Waals surface area contributed by atoms with Gasteiger partial charge in [-0.05, 0) is 50.6 Å². The molecular weight excluding hydrogens is 220 g/mol. The van der Waals surface area contributed by atoms with E-state index in [1.54, 1.807) is 0 Å². The number of rotatable bonds is 6. The zero-order valence-corrected chi connectivity index (χ0v) is 13.2. The van der Waals surface area contributed by atoms with Gasteiger partial charge in [0.2, 0.25) is 0 Å². The Kier molecular flexibility index (Phi) is 6.65. The summed E-state index contributed by atoms with van der Waals surface area (Å²) in [6.07, 6.45) is 6.76. The Bertz CT molecular complexity index is 225. The van der Waals surface area contributed by atoms with Crippen molar-refractivity contribution >= 4 is 0 Å². The second kappa shape index (κ2) is 7.49. The first-order chi connectivity index (χ1) is 8.41. The smallest absolute Gasteiger partial charge is 0.00949 e. The Morgan fingerprint density at radius 1 is 1.17 bits per heavy atom. The van der Waals surface area contributed by atoms with Crippen LogP contribution in [0.5, 0.6) is 0 Å². The van der Waals surface area contributed by atoms with Crippen LogP contribution in [0.4, 0.5) is 0 Å². The van der Waals surface area contributed by atoms with E-state index in [4.69, 9.17) is 5.73 Å². The van der Waals surface area contributed by atoms with Crippen molar-refractivity contribution in [3.63, 3.8) is 0 Å². The molecule has 1 aliphatic carbocycles. The molecule has 0 aromatic carbocycles. The van der Waals surface area contributed by atoms with Crippen LogP contribution in [-0.2, 0) is 0 Å². The molecule has 18 heavy (non-hydrogen) atoms. The first-order valence-electron chi connectivity index (χ1n) is 7.87. The lowest BCUT2D eigenvalue weighted by Gasteiger charge is -2.37. The molecule has 1 aliphatic rings. The van der Waals surface area contributed by atoms with E-state index in [9.17, 15) is 0 Å². The quantitative estimate of drug-likeness (QED) is 0.786. The normalized spacial score (nSPS) is 27.2. The molecule has 108 valence electrons. The average molecular weight is 254 g/mol. The van der Waals surface area contributed by atoms with Crippen LogP contribution in [0.25, 0.3) is 0 Å². The molecule has 0 amide bonds. The van der Waals surface area contributed by atoms with E-state index in [1.165, 1.54) is 25.7 Å². The van der Waals surface area contributed by atoms with E-state index in [0.717, 1.165) is 30.8 Å². The fraction of sp³-hybridized carbons (Fsp3) is 1.00. The van der Waals surface area contributed by atoms with Crippen molar-refractivity contribution in [1.29, 1.82) is 0 Å². The topological polar surface area (TPSA) is 29.3 Å². The maximum atomic E-state index is 6.14. The second-order valence-electron chi connectivity index (χ2n) is 7.00. The zero-order valence-electron chi connectivity index (χ0n) is 13.2. The van der Waals surface area contributed by atoms with Gasteiger partial charge in [0.25, 0.3) is 0 Å². The molecule has 2 N–H and O–H groups in total. The van der Waals surface area contributed by atoms with Gasteiger partial charge >= 0.3 is 0 Å². The van der Waals surface area contributed by atoms with Crippen molar-refractivity contribution in [3.8, 4) is 0 Å². The molecule has 0 spiro atoms. The molecule has 0 aliphatic heterocycles. The second-order valence-corrected chi connectivity index (χ2v) is 7.00. The number of nitrogens with zero attached hydrogens (tertiary/aromatic N) is 1. The fourth-order valence-electron chi connectivity index (χ4n) is 3.08. The summed E-state index contributed by atoms with van der Waals surface area (Å²) in [6.45, 7) is 10.4. The third-order valence-corrected chi connectivity index (χ3v) is 4.92. The summed E-state index contributed by atoms with van der Waals surface area (Å²) >= 11 is 0. The minimum Gasteiger partial charge on any atom is -0.327 e. The summed E-state index contributed by atoms with van der Waals surface area (Å²) in [7, 11) is 2.29. The molecule has 2 heteroatoms. The van der Waals surface area contributed by atoms with Gasteiger partial charge in [-0.25, -0.2) is 0 Å². The van der Waals surface area contributed by atoms with E-state index < -0.39 is 0 Å². The predicted molar refractivity (Wildman–Crippen MR) is 80.6 cm³/mol. The molecule has 0 aromatic rings. The van der Waals surface area contributed by atoms with Crippen LogP contribution in [0.2, 0.25) is 0 Å². The maximum Gasteiger partial charge on any atom is 0.00949 e. The van der Waals surface area contributed by atoms with Crippen LogP contribution in [0.3, 0.4) is 0 Å². The SMILES string of the molecule is CC(C)C(N)CCN(C)C1CCCC(C(C)C)C1. The van der Waals surface area contributed by atoms with Crippen LogP contribution in [0, 0.1) is 17.8 Å². The van der Waals surface area contributed by atoms with Crippen molar-refractivity contribution < 1.29 is 0 Å². The molecule has 0 saturated heterocycles. The molecule has 0 bridgehead atoms. The molecule has 1 rings (SSSR count). The highest BCUT2D eigenvalue weighted by Gasteiger charge is 2.26. The molecule has 3 atom stereocenters. The zero-order chi connectivity index (χ0) is 13.7. The van der Waals surface area contributed by atoms with Crippen molar-refractivity contribution in [1.82, 2.24) is 4.90 Å². The van der Waals surface area contributed by atoms with Crippen molar-refractivity contribution in [2.24, 2.45) is 23.5 Å². The first kappa shape index (κ1) is 16.0. The van der Waals surface area contributed by atoms with Crippen LogP contribution < -0.4 is 5.73 Å². The molecule has 1 saturated carbocycles. The number of hydrogen-bond donors (Lipinski definition) is 1. The van der Waals surface area contributed by atoms with Crippen LogP contribution in [0.15, 0.2) is 0 Å². The Morgan fingerprint density at radius 3 is 2.39 bits per heavy atom. The molecule has 1 fully saturated rings. The van der Waals surface area contributed by atoms with Gasteiger partial charge in [-0.3, -0.25) is 0 Å². The lowest BCUT2D eigenvalue weighted by atomic mass is 9.79. The van der Waals surface area contributed by atoms with Gasteiger partial charge in [0, 0.05) is 12.1 Å². The molecule has 2 nitrogen and oxygen atoms in total. The Balaban J connectivity index is 2.34. The van der Waals surface area contributed by atoms with E-state index in [2.05, 4.69) is 39.6 Å². The highest BCUT2D eigenvalue weighted by atomic mass is 15.1. The Labute approximate surface area is 114 Å². The van der Waals surface area contributed by atoms with E-state index >= 15 is 0 Å². The summed E-state index contributed by atoms with van der Waals surface area (Å²) in [5, 5.41) is 0. The lowest BCUT2D eigenvalue weighted by Crippen LogP contribution is -2.40. The van der Waals surface area contributed by atoms with Crippen molar-refractivity contribution in [2.45, 2.75) is 71.9 Å². The highest BCUT2D eigenvalue weighted by Crippen LogP contribution is 2.32. The van der Waals surface area contributed by atoms with E-state index in [-0.39, 0.29) is 0 Å². The largest absolute Gasteiger partial charge is 0.327 e. The van der Waals surface area contributed by atoms with Gasteiger partial charge in [0.1, 0.15) is 0 Å². The first-order valence-corrected chi connectivity index (χ1v) is 7.87. The fourth-order valence-corrected chi connectivity index (χ4v) is 3.08. The van der Waals surface area contributed by atoms with Crippen LogP contribution in [-0.4, -0.2) is 30.6 Å². The molecule has 3 unspecified atom stereocenters. The van der Waals surface area contributed by atoms with Gasteiger partial charge < -0.3 is 10.6 Å². The molecular formula is C16H34N2. The summed E-state index contributed by atoms with van der Waals surface area (Å²) in [4.78, 5) is 2.57. The monoisotopic (exact) mass is 254 g/mol. The van der Waals surface area contributed by atoms with E-state index in [1.807, 2.05) is 0 Å². The highest BCUT2D eigenvalue weighted by molar-refractivity contribution is 4.81. The van der Waals surface area contributed by atoms with Crippen LogP contribution in [0.1, 0.15) is 59.8 Å². The van der Waals surface area contributed by atoms with Gasteiger partial charge in [-0.2, -0.15) is 0 Å². The third kappa shape index (κ3) is 4.89. The lowest BCUT2D eigenvalue weighted by molar-refractivity contribution is 0.132.